The number of carbonyl (C=O) groups is 2. The first-order valence-electron chi connectivity index (χ1n) is 7.03. The molecule has 3 amide bonds. The van der Waals surface area contributed by atoms with Gasteiger partial charge in [0.1, 0.15) is 11.3 Å². The van der Waals surface area contributed by atoms with Crippen molar-refractivity contribution < 1.29 is 9.59 Å². The predicted molar refractivity (Wildman–Crippen MR) is 81.8 cm³/mol. The standard InChI is InChI=1S/C15H20N4O2/c1-4-15(5-2)12(16-14(21)19(3)13(15)20)18-17-11-9-7-6-8-10-11/h6-10,17H,4-5H2,1-3H3,(H,16,18,21). The molecule has 1 fully saturated rings. The highest BCUT2D eigenvalue weighted by Gasteiger charge is 2.48. The van der Waals surface area contributed by atoms with Crippen molar-refractivity contribution in [3.8, 4) is 0 Å². The quantitative estimate of drug-likeness (QED) is 0.835. The molecule has 0 atom stereocenters. The van der Waals surface area contributed by atoms with Crippen molar-refractivity contribution in [2.24, 2.45) is 10.5 Å². The van der Waals surface area contributed by atoms with Crippen molar-refractivity contribution in [2.75, 3.05) is 12.5 Å². The summed E-state index contributed by atoms with van der Waals surface area (Å²) in [7, 11) is 1.49. The highest BCUT2D eigenvalue weighted by molar-refractivity contribution is 6.20. The van der Waals surface area contributed by atoms with Crippen molar-refractivity contribution in [3.05, 3.63) is 30.3 Å². The van der Waals surface area contributed by atoms with Crippen LogP contribution < -0.4 is 10.7 Å². The molecule has 1 saturated heterocycles. The summed E-state index contributed by atoms with van der Waals surface area (Å²) < 4.78 is 0. The maximum absolute atomic E-state index is 12.5. The van der Waals surface area contributed by atoms with E-state index >= 15 is 0 Å². The van der Waals surface area contributed by atoms with E-state index in [9.17, 15) is 9.59 Å². The summed E-state index contributed by atoms with van der Waals surface area (Å²) in [6.07, 6.45) is 1.14. The van der Waals surface area contributed by atoms with Crippen LogP contribution in [0.15, 0.2) is 35.4 Å². The summed E-state index contributed by atoms with van der Waals surface area (Å²) in [5.74, 6) is 0.161. The van der Waals surface area contributed by atoms with Gasteiger partial charge >= 0.3 is 6.03 Å². The maximum Gasteiger partial charge on any atom is 0.329 e. The molecule has 0 saturated carbocycles. The molecule has 21 heavy (non-hydrogen) atoms. The van der Waals surface area contributed by atoms with Gasteiger partial charge < -0.3 is 0 Å². The molecule has 0 aromatic heterocycles. The van der Waals surface area contributed by atoms with Crippen molar-refractivity contribution in [3.63, 3.8) is 0 Å². The number of hydrogen-bond acceptors (Lipinski definition) is 4. The van der Waals surface area contributed by atoms with Gasteiger partial charge in [0.15, 0.2) is 0 Å². The molecule has 112 valence electrons. The van der Waals surface area contributed by atoms with Gasteiger partial charge in [0.25, 0.3) is 0 Å². The van der Waals surface area contributed by atoms with Crippen molar-refractivity contribution in [2.45, 2.75) is 26.7 Å². The van der Waals surface area contributed by atoms with E-state index in [2.05, 4.69) is 15.8 Å². The van der Waals surface area contributed by atoms with Gasteiger partial charge in [-0.3, -0.25) is 20.4 Å². The summed E-state index contributed by atoms with van der Waals surface area (Å²) in [5.41, 5.74) is 2.91. The third kappa shape index (κ3) is 2.61. The van der Waals surface area contributed by atoms with E-state index in [0.717, 1.165) is 10.6 Å². The molecule has 6 heteroatoms. The van der Waals surface area contributed by atoms with E-state index in [1.807, 2.05) is 44.2 Å². The van der Waals surface area contributed by atoms with Gasteiger partial charge in [0.2, 0.25) is 5.91 Å². The van der Waals surface area contributed by atoms with Crippen LogP contribution in [0.25, 0.3) is 0 Å². The van der Waals surface area contributed by atoms with Crippen LogP contribution in [0, 0.1) is 5.41 Å². The number of carbonyl (C=O) groups excluding carboxylic acids is 2. The number of hydrogen-bond donors (Lipinski definition) is 2. The van der Waals surface area contributed by atoms with E-state index < -0.39 is 11.4 Å². The molecule has 1 heterocycles. The third-order valence-corrected chi connectivity index (χ3v) is 3.97. The Balaban J connectivity index is 2.34. The number of nitrogens with one attached hydrogen (secondary N) is 2. The Bertz CT molecular complexity index is 564. The van der Waals surface area contributed by atoms with Gasteiger partial charge in [-0.05, 0) is 25.0 Å². The van der Waals surface area contributed by atoms with E-state index in [1.165, 1.54) is 7.05 Å². The van der Waals surface area contributed by atoms with Crippen LogP contribution in [-0.4, -0.2) is 29.7 Å². The van der Waals surface area contributed by atoms with E-state index in [1.54, 1.807) is 0 Å². The Morgan fingerprint density at radius 3 is 2.38 bits per heavy atom. The maximum atomic E-state index is 12.5. The van der Waals surface area contributed by atoms with Gasteiger partial charge in [-0.2, -0.15) is 5.10 Å². The Kier molecular flexibility index (Phi) is 4.26. The lowest BCUT2D eigenvalue weighted by Gasteiger charge is -2.39. The van der Waals surface area contributed by atoms with Crippen LogP contribution in [0.1, 0.15) is 26.7 Å². The number of para-hydroxylation sites is 1. The lowest BCUT2D eigenvalue weighted by atomic mass is 9.78. The van der Waals surface area contributed by atoms with Gasteiger partial charge in [-0.15, -0.1) is 0 Å². The molecule has 2 rings (SSSR count). The van der Waals surface area contributed by atoms with Gasteiger partial charge in [-0.25, -0.2) is 4.79 Å². The SMILES string of the molecule is CCC1(CC)C(=O)N(C)C(=O)N/C1=N\Nc1ccccc1. The van der Waals surface area contributed by atoms with Crippen LogP contribution in [0.5, 0.6) is 0 Å². The highest BCUT2D eigenvalue weighted by Crippen LogP contribution is 2.32. The first-order valence-corrected chi connectivity index (χ1v) is 7.03. The molecule has 0 spiro atoms. The Hall–Kier alpha value is -2.37. The summed E-state index contributed by atoms with van der Waals surface area (Å²) in [6.45, 7) is 3.84. The first kappa shape index (κ1) is 15.0. The summed E-state index contributed by atoms with van der Waals surface area (Å²) in [6, 6.07) is 8.94. The van der Waals surface area contributed by atoms with Crippen LogP contribution in [0.4, 0.5) is 10.5 Å². The fraction of sp³-hybridized carbons (Fsp3) is 0.400. The molecule has 6 nitrogen and oxygen atoms in total. The van der Waals surface area contributed by atoms with Gasteiger partial charge in [0.05, 0.1) is 5.69 Å². The third-order valence-electron chi connectivity index (χ3n) is 3.97. The van der Waals surface area contributed by atoms with Crippen LogP contribution in [0.2, 0.25) is 0 Å². The molecule has 1 aromatic rings. The minimum Gasteiger partial charge on any atom is -0.293 e. The predicted octanol–water partition coefficient (Wildman–Crippen LogP) is 2.40. The van der Waals surface area contributed by atoms with Crippen LogP contribution in [0.3, 0.4) is 0 Å². The number of amidine groups is 1. The summed E-state index contributed by atoms with van der Waals surface area (Å²) >= 11 is 0. The molecule has 0 unspecified atom stereocenters. The average molecular weight is 288 g/mol. The second kappa shape index (κ2) is 5.95. The molecule has 1 aromatic carbocycles. The van der Waals surface area contributed by atoms with Gasteiger partial charge in [-0.1, -0.05) is 32.0 Å². The number of benzene rings is 1. The van der Waals surface area contributed by atoms with Crippen molar-refractivity contribution in [1.82, 2.24) is 10.2 Å². The molecular weight excluding hydrogens is 268 g/mol. The number of rotatable bonds is 4. The van der Waals surface area contributed by atoms with E-state index in [0.29, 0.717) is 18.7 Å². The number of amides is 3. The molecule has 0 aliphatic carbocycles. The van der Waals surface area contributed by atoms with Crippen molar-refractivity contribution in [1.29, 1.82) is 0 Å². The van der Waals surface area contributed by atoms with E-state index in [-0.39, 0.29) is 5.91 Å². The number of urea groups is 1. The molecule has 0 radical (unpaired) electrons. The Labute approximate surface area is 124 Å². The van der Waals surface area contributed by atoms with Crippen LogP contribution in [-0.2, 0) is 4.79 Å². The first-order chi connectivity index (χ1) is 10.0. The second-order valence-corrected chi connectivity index (χ2v) is 5.02. The minimum atomic E-state index is -0.787. The molecule has 1 aliphatic heterocycles. The smallest absolute Gasteiger partial charge is 0.293 e. The number of imide groups is 1. The highest BCUT2D eigenvalue weighted by atomic mass is 16.2. The normalized spacial score (nSPS) is 19.6. The zero-order valence-corrected chi connectivity index (χ0v) is 12.5. The molecular formula is C15H20N4O2. The Morgan fingerprint density at radius 1 is 1.19 bits per heavy atom. The largest absolute Gasteiger partial charge is 0.329 e. The fourth-order valence-corrected chi connectivity index (χ4v) is 2.47. The molecule has 0 bridgehead atoms. The minimum absolute atomic E-state index is 0.218. The van der Waals surface area contributed by atoms with Crippen LogP contribution >= 0.6 is 0 Å². The number of nitrogens with zero attached hydrogens (tertiary/aromatic N) is 2. The number of hydrazone groups is 1. The monoisotopic (exact) mass is 288 g/mol. The summed E-state index contributed by atoms with van der Waals surface area (Å²) in [4.78, 5) is 25.4. The zero-order chi connectivity index (χ0) is 15.5. The van der Waals surface area contributed by atoms with E-state index in [4.69, 9.17) is 0 Å². The van der Waals surface area contributed by atoms with Gasteiger partial charge in [0, 0.05) is 7.05 Å². The van der Waals surface area contributed by atoms with Crippen molar-refractivity contribution >= 4 is 23.5 Å². The topological polar surface area (TPSA) is 73.8 Å². The lowest BCUT2D eigenvalue weighted by molar-refractivity contribution is -0.135. The number of anilines is 1. The lowest BCUT2D eigenvalue weighted by Crippen LogP contribution is -2.62. The summed E-state index contributed by atoms with van der Waals surface area (Å²) in [5, 5.41) is 6.98. The fourth-order valence-electron chi connectivity index (χ4n) is 2.47. The molecule has 1 aliphatic rings. The average Bonchev–Trinajstić information content (AvgIpc) is 2.52. The second-order valence-electron chi connectivity index (χ2n) is 5.02. The Morgan fingerprint density at radius 2 is 1.81 bits per heavy atom. The molecule has 2 N–H and O–H groups in total. The zero-order valence-electron chi connectivity index (χ0n) is 12.5.